The van der Waals surface area contributed by atoms with Crippen LogP contribution in [-0.4, -0.2) is 14.8 Å². The van der Waals surface area contributed by atoms with E-state index in [-0.39, 0.29) is 6.04 Å². The number of aryl methyl sites for hydroxylation is 1. The molecule has 0 saturated carbocycles. The van der Waals surface area contributed by atoms with Crippen molar-refractivity contribution < 1.29 is 0 Å². The Morgan fingerprint density at radius 2 is 2.31 bits per heavy atom. The summed E-state index contributed by atoms with van der Waals surface area (Å²) in [5.41, 5.74) is 7.56. The van der Waals surface area contributed by atoms with Crippen LogP contribution in [0.3, 0.4) is 0 Å². The Balaban J connectivity index is 2.14. The predicted molar refractivity (Wildman–Crippen MR) is 63.9 cm³/mol. The largest absolute Gasteiger partial charge is 0.394 e. The zero-order chi connectivity index (χ0) is 11.5. The van der Waals surface area contributed by atoms with E-state index in [2.05, 4.69) is 15.4 Å². The highest BCUT2D eigenvalue weighted by molar-refractivity contribution is 5.60. The van der Waals surface area contributed by atoms with Gasteiger partial charge in [-0.05, 0) is 18.6 Å². The first-order valence-corrected chi connectivity index (χ1v) is 5.12. The lowest BCUT2D eigenvalue weighted by atomic mass is 10.1. The van der Waals surface area contributed by atoms with Gasteiger partial charge in [-0.15, -0.1) is 0 Å². The van der Waals surface area contributed by atoms with Crippen molar-refractivity contribution in [2.45, 2.75) is 13.0 Å². The number of hydrogen-bond donors (Lipinski definition) is 2. The van der Waals surface area contributed by atoms with E-state index < -0.39 is 0 Å². The van der Waals surface area contributed by atoms with Crippen molar-refractivity contribution in [3.05, 3.63) is 36.3 Å². The average molecular weight is 217 g/mol. The van der Waals surface area contributed by atoms with Gasteiger partial charge in [-0.2, -0.15) is 5.10 Å². The fraction of sp³-hybridized carbons (Fsp3) is 0.273. The van der Waals surface area contributed by atoms with Gasteiger partial charge >= 0.3 is 0 Å². The van der Waals surface area contributed by atoms with E-state index >= 15 is 0 Å². The topological polar surface area (TPSA) is 68.8 Å². The number of nitrogens with zero attached hydrogens (tertiary/aromatic N) is 3. The third-order valence-corrected chi connectivity index (χ3v) is 2.39. The molecular formula is C11H15N5. The molecule has 0 aliphatic rings. The summed E-state index contributed by atoms with van der Waals surface area (Å²) < 4.78 is 1.69. The van der Waals surface area contributed by atoms with Gasteiger partial charge in [0.25, 0.3) is 0 Å². The summed E-state index contributed by atoms with van der Waals surface area (Å²) in [6.45, 7) is 2.05. The van der Waals surface area contributed by atoms with Gasteiger partial charge < -0.3 is 11.1 Å². The molecule has 0 amide bonds. The molecule has 5 nitrogen and oxygen atoms in total. The maximum absolute atomic E-state index is 5.81. The van der Waals surface area contributed by atoms with E-state index in [9.17, 15) is 0 Å². The van der Waals surface area contributed by atoms with Crippen molar-refractivity contribution in [2.75, 3.05) is 11.1 Å². The Morgan fingerprint density at radius 1 is 1.50 bits per heavy atom. The van der Waals surface area contributed by atoms with Crippen LogP contribution in [0.25, 0.3) is 0 Å². The highest BCUT2D eigenvalue weighted by Gasteiger charge is 2.09. The predicted octanol–water partition coefficient (Wildman–Crippen LogP) is 1.57. The van der Waals surface area contributed by atoms with Crippen LogP contribution in [0.1, 0.15) is 18.5 Å². The number of nitrogen functional groups attached to an aromatic ring is 1. The SMILES string of the molecule is CC(Nc1nn(C)cc1N)c1cccnc1. The van der Waals surface area contributed by atoms with Crippen LogP contribution in [0.4, 0.5) is 11.5 Å². The van der Waals surface area contributed by atoms with Crippen LogP contribution in [-0.2, 0) is 7.05 Å². The van der Waals surface area contributed by atoms with E-state index in [1.54, 1.807) is 17.1 Å². The summed E-state index contributed by atoms with van der Waals surface area (Å²) in [4.78, 5) is 4.08. The lowest BCUT2D eigenvalue weighted by Gasteiger charge is -2.13. The van der Waals surface area contributed by atoms with Gasteiger partial charge in [0.05, 0.1) is 11.7 Å². The van der Waals surface area contributed by atoms with E-state index in [0.29, 0.717) is 11.5 Å². The minimum atomic E-state index is 0.130. The number of pyridine rings is 1. The maximum Gasteiger partial charge on any atom is 0.171 e. The zero-order valence-corrected chi connectivity index (χ0v) is 9.38. The second-order valence-corrected chi connectivity index (χ2v) is 3.76. The smallest absolute Gasteiger partial charge is 0.171 e. The van der Waals surface area contributed by atoms with Gasteiger partial charge in [-0.1, -0.05) is 6.07 Å². The molecule has 0 aromatic carbocycles. The van der Waals surface area contributed by atoms with Crippen LogP contribution in [0.2, 0.25) is 0 Å². The van der Waals surface area contributed by atoms with Crippen molar-refractivity contribution in [3.8, 4) is 0 Å². The number of anilines is 2. The average Bonchev–Trinajstić information content (AvgIpc) is 2.59. The Hall–Kier alpha value is -2.04. The van der Waals surface area contributed by atoms with E-state index in [0.717, 1.165) is 5.56 Å². The van der Waals surface area contributed by atoms with E-state index in [1.165, 1.54) is 0 Å². The van der Waals surface area contributed by atoms with Gasteiger partial charge in [-0.25, -0.2) is 0 Å². The fourth-order valence-corrected chi connectivity index (χ4v) is 1.54. The van der Waals surface area contributed by atoms with Gasteiger partial charge in [-0.3, -0.25) is 9.67 Å². The fourth-order valence-electron chi connectivity index (χ4n) is 1.54. The third kappa shape index (κ3) is 2.13. The van der Waals surface area contributed by atoms with Crippen molar-refractivity contribution in [3.63, 3.8) is 0 Å². The van der Waals surface area contributed by atoms with E-state index in [4.69, 9.17) is 5.73 Å². The molecule has 0 fully saturated rings. The first kappa shape index (κ1) is 10.5. The number of rotatable bonds is 3. The van der Waals surface area contributed by atoms with Crippen LogP contribution in [0, 0.1) is 0 Å². The van der Waals surface area contributed by atoms with Gasteiger partial charge in [0.1, 0.15) is 0 Å². The minimum Gasteiger partial charge on any atom is -0.394 e. The highest BCUT2D eigenvalue weighted by Crippen LogP contribution is 2.21. The molecule has 0 aliphatic heterocycles. The zero-order valence-electron chi connectivity index (χ0n) is 9.38. The summed E-state index contributed by atoms with van der Waals surface area (Å²) in [5.74, 6) is 0.707. The summed E-state index contributed by atoms with van der Waals surface area (Å²) in [7, 11) is 1.84. The summed E-state index contributed by atoms with van der Waals surface area (Å²) in [6, 6.07) is 4.06. The number of nitrogens with two attached hydrogens (primary N) is 1. The van der Waals surface area contributed by atoms with Crippen LogP contribution >= 0.6 is 0 Å². The van der Waals surface area contributed by atoms with Crippen LogP contribution in [0.5, 0.6) is 0 Å². The molecule has 0 bridgehead atoms. The van der Waals surface area contributed by atoms with Gasteiger partial charge in [0.2, 0.25) is 0 Å². The molecular weight excluding hydrogens is 202 g/mol. The molecule has 2 heterocycles. The molecule has 2 aromatic rings. The molecule has 0 radical (unpaired) electrons. The van der Waals surface area contributed by atoms with E-state index in [1.807, 2.05) is 32.3 Å². The Bertz CT molecular complexity index is 462. The Morgan fingerprint density at radius 3 is 2.88 bits per heavy atom. The molecule has 3 N–H and O–H groups in total. The standard InChI is InChI=1S/C11H15N5/c1-8(9-4-3-5-13-6-9)14-11-10(12)7-16(2)15-11/h3-8H,12H2,1-2H3,(H,14,15). The van der Waals surface area contributed by atoms with Crippen molar-refractivity contribution in [1.82, 2.24) is 14.8 Å². The molecule has 0 spiro atoms. The Labute approximate surface area is 94.3 Å². The molecule has 1 atom stereocenters. The first-order chi connectivity index (χ1) is 7.66. The van der Waals surface area contributed by atoms with Gasteiger partial charge in [0.15, 0.2) is 5.82 Å². The highest BCUT2D eigenvalue weighted by atomic mass is 15.3. The summed E-state index contributed by atoms with van der Waals surface area (Å²) in [5, 5.41) is 7.49. The van der Waals surface area contributed by atoms with Gasteiger partial charge in [0, 0.05) is 25.6 Å². The molecule has 2 aromatic heterocycles. The number of aromatic nitrogens is 3. The van der Waals surface area contributed by atoms with Crippen LogP contribution < -0.4 is 11.1 Å². The monoisotopic (exact) mass is 217 g/mol. The summed E-state index contributed by atoms with van der Waals surface area (Å²) in [6.07, 6.45) is 5.36. The molecule has 84 valence electrons. The molecule has 5 heteroatoms. The molecule has 0 aliphatic carbocycles. The Kier molecular flexibility index (Phi) is 2.76. The summed E-state index contributed by atoms with van der Waals surface area (Å²) >= 11 is 0. The molecule has 2 rings (SSSR count). The maximum atomic E-state index is 5.81. The molecule has 0 saturated heterocycles. The normalized spacial score (nSPS) is 12.4. The molecule has 1 unspecified atom stereocenters. The minimum absolute atomic E-state index is 0.130. The third-order valence-electron chi connectivity index (χ3n) is 2.39. The van der Waals surface area contributed by atoms with Crippen LogP contribution in [0.15, 0.2) is 30.7 Å². The second kappa shape index (κ2) is 4.22. The molecule has 16 heavy (non-hydrogen) atoms. The van der Waals surface area contributed by atoms with Crippen molar-refractivity contribution in [1.29, 1.82) is 0 Å². The first-order valence-electron chi connectivity index (χ1n) is 5.12. The second-order valence-electron chi connectivity index (χ2n) is 3.76. The van der Waals surface area contributed by atoms with Crippen molar-refractivity contribution in [2.24, 2.45) is 7.05 Å². The van der Waals surface area contributed by atoms with Crippen molar-refractivity contribution >= 4 is 11.5 Å². The quantitative estimate of drug-likeness (QED) is 0.818. The lowest BCUT2D eigenvalue weighted by molar-refractivity contribution is 0.759. The lowest BCUT2D eigenvalue weighted by Crippen LogP contribution is -2.08. The number of hydrogen-bond acceptors (Lipinski definition) is 4. The number of nitrogens with one attached hydrogen (secondary N) is 1.